The lowest BCUT2D eigenvalue weighted by atomic mass is 9.67. The van der Waals surface area contributed by atoms with E-state index < -0.39 is 17.4 Å². The Bertz CT molecular complexity index is 205. The maximum Gasteiger partial charge on any atom is 0.310 e. The van der Waals surface area contributed by atoms with Gasteiger partial charge in [-0.05, 0) is 12.8 Å². The molecule has 0 bridgehead atoms. The van der Waals surface area contributed by atoms with Gasteiger partial charge in [-0.3, -0.25) is 9.59 Å². The number of carbonyl (C=O) groups is 2. The lowest BCUT2D eigenvalue weighted by Crippen LogP contribution is -2.40. The van der Waals surface area contributed by atoms with Crippen molar-refractivity contribution in [1.29, 1.82) is 0 Å². The molecule has 0 aliphatic heterocycles. The van der Waals surface area contributed by atoms with Crippen LogP contribution in [0.15, 0.2) is 0 Å². The fraction of sp³-hybridized carbons (Fsp3) is 0.750. The van der Waals surface area contributed by atoms with E-state index in [4.69, 9.17) is 5.11 Å². The highest BCUT2D eigenvalue weighted by atomic mass is 16.5. The van der Waals surface area contributed by atoms with Crippen LogP contribution in [-0.2, 0) is 14.3 Å². The van der Waals surface area contributed by atoms with Crippen LogP contribution in [0.3, 0.4) is 0 Å². The lowest BCUT2D eigenvalue weighted by molar-refractivity contribution is -0.162. The van der Waals surface area contributed by atoms with Crippen LogP contribution in [0.4, 0.5) is 0 Å². The van der Waals surface area contributed by atoms with Gasteiger partial charge in [0.25, 0.3) is 0 Å². The molecule has 0 unspecified atom stereocenters. The largest absolute Gasteiger partial charge is 0.481 e. The van der Waals surface area contributed by atoms with Crippen molar-refractivity contribution in [2.45, 2.75) is 25.7 Å². The normalized spacial score (nSPS) is 19.4. The van der Waals surface area contributed by atoms with Crippen LogP contribution in [-0.4, -0.2) is 24.2 Å². The van der Waals surface area contributed by atoms with Crippen LogP contribution in [0.25, 0.3) is 0 Å². The Labute approximate surface area is 70.5 Å². The molecule has 0 aromatic rings. The van der Waals surface area contributed by atoms with Gasteiger partial charge in [0.05, 0.1) is 18.9 Å². The van der Waals surface area contributed by atoms with Crippen LogP contribution in [0, 0.1) is 5.41 Å². The Balaban J connectivity index is 2.56. The van der Waals surface area contributed by atoms with Crippen molar-refractivity contribution >= 4 is 11.9 Å². The molecule has 1 rings (SSSR count). The summed E-state index contributed by atoms with van der Waals surface area (Å²) in [4.78, 5) is 21.6. The Morgan fingerprint density at radius 1 is 1.50 bits per heavy atom. The number of ether oxygens (including phenoxy) is 1. The van der Waals surface area contributed by atoms with Crippen molar-refractivity contribution in [3.8, 4) is 0 Å². The van der Waals surface area contributed by atoms with Crippen LogP contribution >= 0.6 is 0 Å². The summed E-state index contributed by atoms with van der Waals surface area (Å²) in [5.41, 5.74) is -0.812. The fourth-order valence-corrected chi connectivity index (χ4v) is 1.42. The molecule has 0 atom stereocenters. The second-order valence-corrected chi connectivity index (χ2v) is 3.19. The fourth-order valence-electron chi connectivity index (χ4n) is 1.42. The predicted molar refractivity (Wildman–Crippen MR) is 40.6 cm³/mol. The van der Waals surface area contributed by atoms with Crippen molar-refractivity contribution in [1.82, 2.24) is 0 Å². The minimum atomic E-state index is -0.876. The third kappa shape index (κ3) is 1.42. The van der Waals surface area contributed by atoms with E-state index in [1.165, 1.54) is 7.11 Å². The molecular weight excluding hydrogens is 160 g/mol. The zero-order valence-electron chi connectivity index (χ0n) is 7.00. The number of esters is 1. The molecule has 0 aromatic heterocycles. The molecule has 1 aliphatic rings. The summed E-state index contributed by atoms with van der Waals surface area (Å²) in [5, 5.41) is 8.82. The first kappa shape index (κ1) is 9.03. The zero-order chi connectivity index (χ0) is 9.19. The molecule has 4 heteroatoms. The van der Waals surface area contributed by atoms with E-state index in [1.807, 2.05) is 0 Å². The van der Waals surface area contributed by atoms with Gasteiger partial charge in [-0.15, -0.1) is 0 Å². The minimum absolute atomic E-state index is 0.0127. The van der Waals surface area contributed by atoms with Gasteiger partial charge < -0.3 is 9.84 Å². The molecular formula is C8H12O4. The molecule has 0 amide bonds. The Morgan fingerprint density at radius 2 is 2.08 bits per heavy atom. The third-order valence-electron chi connectivity index (χ3n) is 2.47. The Morgan fingerprint density at radius 3 is 2.33 bits per heavy atom. The molecule has 0 heterocycles. The van der Waals surface area contributed by atoms with Gasteiger partial charge in [-0.2, -0.15) is 0 Å². The van der Waals surface area contributed by atoms with Crippen LogP contribution in [0.5, 0.6) is 0 Å². The van der Waals surface area contributed by atoms with Crippen molar-refractivity contribution in [3.63, 3.8) is 0 Å². The van der Waals surface area contributed by atoms with Gasteiger partial charge >= 0.3 is 11.9 Å². The highest BCUT2D eigenvalue weighted by molar-refractivity contribution is 5.82. The maximum absolute atomic E-state index is 10.8. The average Bonchev–Trinajstić information content (AvgIpc) is 1.95. The van der Waals surface area contributed by atoms with Crippen molar-refractivity contribution < 1.29 is 19.4 Å². The second kappa shape index (κ2) is 3.13. The SMILES string of the molecule is COC(=O)CC1(C(=O)O)CCC1. The number of carbonyl (C=O) groups excluding carboxylic acids is 1. The Kier molecular flexibility index (Phi) is 2.35. The number of methoxy groups -OCH3 is 1. The highest BCUT2D eigenvalue weighted by Gasteiger charge is 2.46. The minimum Gasteiger partial charge on any atom is -0.481 e. The summed E-state index contributed by atoms with van der Waals surface area (Å²) in [6, 6.07) is 0. The van der Waals surface area contributed by atoms with E-state index in [-0.39, 0.29) is 6.42 Å². The number of carboxylic acid groups (broad SMARTS) is 1. The first-order valence-corrected chi connectivity index (χ1v) is 3.91. The number of rotatable bonds is 3. The summed E-state index contributed by atoms with van der Waals surface area (Å²) < 4.78 is 4.43. The zero-order valence-corrected chi connectivity index (χ0v) is 7.00. The summed E-state index contributed by atoms with van der Waals surface area (Å²) >= 11 is 0. The van der Waals surface area contributed by atoms with Crippen molar-refractivity contribution in [2.75, 3.05) is 7.11 Å². The van der Waals surface area contributed by atoms with Crippen LogP contribution in [0.2, 0.25) is 0 Å². The van der Waals surface area contributed by atoms with E-state index in [9.17, 15) is 9.59 Å². The molecule has 4 nitrogen and oxygen atoms in total. The van der Waals surface area contributed by atoms with E-state index in [0.717, 1.165) is 6.42 Å². The van der Waals surface area contributed by atoms with Gasteiger partial charge in [0.15, 0.2) is 0 Å². The van der Waals surface area contributed by atoms with Gasteiger partial charge in [-0.1, -0.05) is 6.42 Å². The van der Waals surface area contributed by atoms with E-state index >= 15 is 0 Å². The third-order valence-corrected chi connectivity index (χ3v) is 2.47. The lowest BCUT2D eigenvalue weighted by Gasteiger charge is -2.36. The number of hydrogen-bond acceptors (Lipinski definition) is 3. The molecule has 0 spiro atoms. The monoisotopic (exact) mass is 172 g/mol. The van der Waals surface area contributed by atoms with Gasteiger partial charge in [0.1, 0.15) is 0 Å². The van der Waals surface area contributed by atoms with Crippen molar-refractivity contribution in [3.05, 3.63) is 0 Å². The van der Waals surface area contributed by atoms with Gasteiger partial charge in [-0.25, -0.2) is 0 Å². The number of hydrogen-bond donors (Lipinski definition) is 1. The summed E-state index contributed by atoms with van der Waals surface area (Å²) in [6.07, 6.45) is 2.09. The van der Waals surface area contributed by atoms with Gasteiger partial charge in [0, 0.05) is 0 Å². The molecule has 68 valence electrons. The van der Waals surface area contributed by atoms with Gasteiger partial charge in [0.2, 0.25) is 0 Å². The number of carboxylic acids is 1. The maximum atomic E-state index is 10.8. The first-order chi connectivity index (χ1) is 5.60. The van der Waals surface area contributed by atoms with Crippen LogP contribution in [0.1, 0.15) is 25.7 Å². The number of aliphatic carboxylic acids is 1. The highest BCUT2D eigenvalue weighted by Crippen LogP contribution is 2.44. The second-order valence-electron chi connectivity index (χ2n) is 3.19. The molecule has 1 N–H and O–H groups in total. The first-order valence-electron chi connectivity index (χ1n) is 3.91. The summed E-state index contributed by atoms with van der Waals surface area (Å²) in [5.74, 6) is -1.31. The molecule has 1 saturated carbocycles. The van der Waals surface area contributed by atoms with Crippen LogP contribution < -0.4 is 0 Å². The van der Waals surface area contributed by atoms with E-state index in [0.29, 0.717) is 12.8 Å². The Hall–Kier alpha value is -1.06. The summed E-state index contributed by atoms with van der Waals surface area (Å²) in [7, 11) is 1.27. The molecule has 0 radical (unpaired) electrons. The van der Waals surface area contributed by atoms with E-state index in [1.54, 1.807) is 0 Å². The topological polar surface area (TPSA) is 63.6 Å². The molecule has 1 fully saturated rings. The smallest absolute Gasteiger partial charge is 0.310 e. The molecule has 12 heavy (non-hydrogen) atoms. The quantitative estimate of drug-likeness (QED) is 0.639. The average molecular weight is 172 g/mol. The van der Waals surface area contributed by atoms with Crippen molar-refractivity contribution in [2.24, 2.45) is 5.41 Å². The molecule has 0 saturated heterocycles. The summed E-state index contributed by atoms with van der Waals surface area (Å²) in [6.45, 7) is 0. The van der Waals surface area contributed by atoms with E-state index in [2.05, 4.69) is 4.74 Å². The molecule has 1 aliphatic carbocycles. The molecule has 0 aromatic carbocycles. The predicted octanol–water partition coefficient (Wildman–Crippen LogP) is 0.804. The standard InChI is InChI=1S/C8H12O4/c1-12-6(9)5-8(7(10)11)3-2-4-8/h2-5H2,1H3,(H,10,11).